The molecule has 0 amide bonds. The molecular weight excluding hydrogens is 380 g/mol. The molecule has 1 saturated carbocycles. The van der Waals surface area contributed by atoms with E-state index in [1.54, 1.807) is 19.2 Å². The molecule has 29 heavy (non-hydrogen) atoms. The van der Waals surface area contributed by atoms with Gasteiger partial charge in [0.05, 0.1) is 0 Å². The number of pyridine rings is 2. The molecule has 2 aromatic heterocycles. The number of thioether (sulfide) groups is 1. The fourth-order valence-corrected chi connectivity index (χ4v) is 5.45. The number of nitrogens with one attached hydrogen (secondary N) is 1. The molecule has 6 heteroatoms. The molecule has 0 unspecified atom stereocenters. The van der Waals surface area contributed by atoms with E-state index in [1.165, 1.54) is 47.1 Å². The summed E-state index contributed by atoms with van der Waals surface area (Å²) in [5.41, 5.74) is 2.76. The van der Waals surface area contributed by atoms with Crippen molar-refractivity contribution in [1.29, 1.82) is 5.41 Å². The Labute approximate surface area is 176 Å². The summed E-state index contributed by atoms with van der Waals surface area (Å²) in [5, 5.41) is 8.99. The minimum absolute atomic E-state index is 0.159. The molecule has 2 aliphatic rings. The van der Waals surface area contributed by atoms with Gasteiger partial charge in [-0.25, -0.2) is 4.98 Å². The van der Waals surface area contributed by atoms with Crippen molar-refractivity contribution >= 4 is 29.2 Å². The number of hydrogen-bond acceptors (Lipinski definition) is 5. The summed E-state index contributed by atoms with van der Waals surface area (Å²) in [5.74, 6) is 0.732. The molecular formula is C23H28N4OS. The number of nitrogens with zero attached hydrogens (tertiary/aromatic N) is 3. The van der Waals surface area contributed by atoms with Crippen LogP contribution < -0.4 is 10.4 Å². The number of carbonyl (C=O) groups excluding carboxylic acids is 1. The average Bonchev–Trinajstić information content (AvgIpc) is 2.73. The van der Waals surface area contributed by atoms with Gasteiger partial charge >= 0.3 is 0 Å². The molecule has 2 aromatic rings. The molecule has 1 aliphatic heterocycles. The number of fused-ring (bicyclic) bond motifs is 1. The maximum Gasteiger partial charge on any atom is 0.258 e. The van der Waals surface area contributed by atoms with E-state index in [4.69, 9.17) is 10.4 Å². The van der Waals surface area contributed by atoms with Crippen molar-refractivity contribution in [3.05, 3.63) is 53.8 Å². The zero-order chi connectivity index (χ0) is 20.4. The maximum atomic E-state index is 12.2. The Morgan fingerprint density at radius 1 is 1.24 bits per heavy atom. The summed E-state index contributed by atoms with van der Waals surface area (Å²) in [6.45, 7) is 6.22. The first-order valence-corrected chi connectivity index (χ1v) is 11.3. The lowest BCUT2D eigenvalue weighted by Crippen LogP contribution is -2.30. The molecule has 0 saturated heterocycles. The van der Waals surface area contributed by atoms with Gasteiger partial charge in [0.1, 0.15) is 11.3 Å². The first kappa shape index (κ1) is 20.0. The second kappa shape index (κ2) is 8.57. The van der Waals surface area contributed by atoms with Crippen molar-refractivity contribution in [2.45, 2.75) is 62.0 Å². The molecule has 0 radical (unpaired) electrons. The lowest BCUT2D eigenvalue weighted by molar-refractivity contribution is 0.0950. The van der Waals surface area contributed by atoms with Gasteiger partial charge in [-0.2, -0.15) is 0 Å². The molecule has 1 aliphatic carbocycles. The predicted molar refractivity (Wildman–Crippen MR) is 118 cm³/mol. The Hall–Kier alpha value is -2.34. The van der Waals surface area contributed by atoms with E-state index in [0.29, 0.717) is 5.57 Å². The Balaban J connectivity index is 1.58. The van der Waals surface area contributed by atoms with E-state index in [1.807, 2.05) is 24.0 Å². The third-order valence-corrected chi connectivity index (χ3v) is 6.99. The molecule has 1 N–H and O–H groups in total. The molecule has 0 aromatic carbocycles. The number of anilines is 2. The third-order valence-electron chi connectivity index (χ3n) is 5.69. The molecule has 1 fully saturated rings. The van der Waals surface area contributed by atoms with Gasteiger partial charge in [-0.05, 0) is 50.3 Å². The van der Waals surface area contributed by atoms with Crippen LogP contribution in [0.5, 0.6) is 0 Å². The van der Waals surface area contributed by atoms with E-state index in [-0.39, 0.29) is 11.4 Å². The highest BCUT2D eigenvalue weighted by Crippen LogP contribution is 2.37. The first-order chi connectivity index (χ1) is 14.0. The molecule has 0 atom stereocenters. The highest BCUT2D eigenvalue weighted by Gasteiger charge is 2.22. The summed E-state index contributed by atoms with van der Waals surface area (Å²) in [4.78, 5) is 20.4. The lowest BCUT2D eigenvalue weighted by Gasteiger charge is -2.31. The van der Waals surface area contributed by atoms with Crippen molar-refractivity contribution in [2.75, 3.05) is 11.4 Å². The van der Waals surface area contributed by atoms with E-state index >= 15 is 0 Å². The largest absolute Gasteiger partial charge is 0.326 e. The van der Waals surface area contributed by atoms with Crippen LogP contribution in [0.25, 0.3) is 0 Å². The van der Waals surface area contributed by atoms with Crippen LogP contribution in [0.15, 0.2) is 47.6 Å². The topological polar surface area (TPSA) is 62.0 Å². The van der Waals surface area contributed by atoms with Crippen LogP contribution in [0.4, 0.5) is 11.5 Å². The van der Waals surface area contributed by atoms with Gasteiger partial charge in [-0.3, -0.25) is 14.8 Å². The van der Waals surface area contributed by atoms with Crippen LogP contribution in [0.2, 0.25) is 0 Å². The van der Waals surface area contributed by atoms with E-state index in [9.17, 15) is 4.79 Å². The summed E-state index contributed by atoms with van der Waals surface area (Å²) < 4.78 is 1.33. The van der Waals surface area contributed by atoms with Gasteiger partial charge in [0.25, 0.3) is 5.91 Å². The second-order valence-electron chi connectivity index (χ2n) is 8.01. The first-order valence-electron chi connectivity index (χ1n) is 10.4. The van der Waals surface area contributed by atoms with Crippen molar-refractivity contribution in [2.24, 2.45) is 0 Å². The van der Waals surface area contributed by atoms with Crippen LogP contribution in [-0.4, -0.2) is 27.3 Å². The van der Waals surface area contributed by atoms with E-state index < -0.39 is 0 Å². The van der Waals surface area contributed by atoms with Crippen LogP contribution in [0.3, 0.4) is 0 Å². The monoisotopic (exact) mass is 408 g/mol. The minimum Gasteiger partial charge on any atom is -0.326 e. The van der Waals surface area contributed by atoms with E-state index in [2.05, 4.69) is 17.5 Å². The van der Waals surface area contributed by atoms with Gasteiger partial charge < -0.3 is 4.90 Å². The number of carbonyl (C=O) groups is 1. The van der Waals surface area contributed by atoms with Crippen LogP contribution in [-0.2, 0) is 6.42 Å². The minimum atomic E-state index is -0.247. The fraction of sp³-hybridized carbons (Fsp3) is 0.435. The van der Waals surface area contributed by atoms with Gasteiger partial charge in [-0.1, -0.05) is 25.8 Å². The fourth-order valence-electron chi connectivity index (χ4n) is 4.17. The SMILES string of the molecule is C=C(C)C(=O)n1ccc(N2CCCc3cc(SC4CCCCC4)cnc32)cc1=N. The average molecular weight is 409 g/mol. The number of rotatable bonds is 4. The smallest absolute Gasteiger partial charge is 0.258 e. The highest BCUT2D eigenvalue weighted by molar-refractivity contribution is 8.00. The van der Waals surface area contributed by atoms with Gasteiger partial charge in [-0.15, -0.1) is 11.8 Å². The van der Waals surface area contributed by atoms with E-state index in [0.717, 1.165) is 36.1 Å². The number of allylic oxidation sites excluding steroid dienone is 1. The standard InChI is InChI=1S/C23H28N4OS/c1-16(2)23(28)27-12-10-18(14-21(27)24)26-11-6-7-17-13-20(15-25-22(17)26)29-19-8-4-3-5-9-19/h10,12-15,19,24H,1,3-9,11H2,2H3. The van der Waals surface area contributed by atoms with Crippen molar-refractivity contribution in [3.8, 4) is 0 Å². The third kappa shape index (κ3) is 4.32. The summed E-state index contributed by atoms with van der Waals surface area (Å²) in [7, 11) is 0. The number of aryl methyl sites for hydroxylation is 1. The Bertz CT molecular complexity index is 991. The zero-order valence-corrected chi connectivity index (χ0v) is 17.8. The van der Waals surface area contributed by atoms with Gasteiger partial charge in [0.2, 0.25) is 0 Å². The Morgan fingerprint density at radius 2 is 2.03 bits per heavy atom. The summed E-state index contributed by atoms with van der Waals surface area (Å²) in [6, 6.07) is 5.94. The molecule has 3 heterocycles. The normalized spacial score (nSPS) is 17.1. The Morgan fingerprint density at radius 3 is 2.76 bits per heavy atom. The lowest BCUT2D eigenvalue weighted by atomic mass is 10.0. The van der Waals surface area contributed by atoms with Gasteiger partial charge in [0.15, 0.2) is 0 Å². The molecule has 152 valence electrons. The second-order valence-corrected chi connectivity index (χ2v) is 9.39. The number of aromatic nitrogens is 2. The van der Waals surface area contributed by atoms with Crippen LogP contribution in [0.1, 0.15) is 55.8 Å². The molecule has 0 spiro atoms. The van der Waals surface area contributed by atoms with Crippen molar-refractivity contribution in [3.63, 3.8) is 0 Å². The van der Waals surface area contributed by atoms with Gasteiger partial charge in [0, 0.05) is 46.4 Å². The summed E-state index contributed by atoms with van der Waals surface area (Å²) in [6.07, 6.45) is 12.5. The maximum absolute atomic E-state index is 12.2. The summed E-state index contributed by atoms with van der Waals surface area (Å²) >= 11 is 1.98. The molecule has 0 bridgehead atoms. The van der Waals surface area contributed by atoms with Crippen molar-refractivity contribution in [1.82, 2.24) is 9.55 Å². The molecule has 5 nitrogen and oxygen atoms in total. The molecule has 4 rings (SSSR count). The van der Waals surface area contributed by atoms with Crippen molar-refractivity contribution < 1.29 is 4.79 Å². The highest BCUT2D eigenvalue weighted by atomic mass is 32.2. The van der Waals surface area contributed by atoms with Crippen LogP contribution >= 0.6 is 11.8 Å². The zero-order valence-electron chi connectivity index (χ0n) is 17.0. The number of hydrogen-bond donors (Lipinski definition) is 1. The quantitative estimate of drug-likeness (QED) is 0.716. The Kier molecular flexibility index (Phi) is 5.90. The van der Waals surface area contributed by atoms with Crippen LogP contribution in [0, 0.1) is 5.41 Å². The predicted octanol–water partition coefficient (Wildman–Crippen LogP) is 5.09.